The van der Waals surface area contributed by atoms with Crippen LogP contribution >= 0.6 is 0 Å². The highest BCUT2D eigenvalue weighted by Crippen LogP contribution is 2.14. The standard InChI is InChI=1S/C67H108O6/c1-4-7-10-13-16-19-22-25-28-31-33-36-39-42-45-48-51-54-57-60-66(69)72-63-64(62-71-65(68)59-56-53-50-47-44-41-38-35-30-27-24-21-18-15-12-9-6-3)73-67(70)61-58-55-52-49-46-43-40-37-34-32-29-26-23-20-17-14-11-8-5-2/h7,9-10,12,16,18-19,21,25,27-28,30,32-34,36,38,41-42,45,47,50,64H,4-6,8,11,13-15,17,20,22-24,26,29,31,35,37,39-40,43-44,46,48-49,51-63H2,1-3H3/b10-7-,12-9-,19-16-,21-18-,28-25-,30-27-,34-32-,36-33-,41-38-,45-42-,50-47-. The third-order valence-corrected chi connectivity index (χ3v) is 12.1. The van der Waals surface area contributed by atoms with Crippen LogP contribution in [0.3, 0.4) is 0 Å². The van der Waals surface area contributed by atoms with E-state index in [1.54, 1.807) is 0 Å². The number of hydrogen-bond acceptors (Lipinski definition) is 6. The quantitative estimate of drug-likeness (QED) is 0.0261. The van der Waals surface area contributed by atoms with Gasteiger partial charge in [0, 0.05) is 19.3 Å². The molecule has 0 spiro atoms. The zero-order chi connectivity index (χ0) is 52.9. The van der Waals surface area contributed by atoms with Gasteiger partial charge in [0.1, 0.15) is 13.2 Å². The summed E-state index contributed by atoms with van der Waals surface area (Å²) in [5.74, 6) is -1.01. The molecule has 0 aromatic carbocycles. The molecule has 0 aliphatic heterocycles. The summed E-state index contributed by atoms with van der Waals surface area (Å²) >= 11 is 0. The van der Waals surface area contributed by atoms with Crippen LogP contribution in [0.1, 0.15) is 252 Å². The van der Waals surface area contributed by atoms with Gasteiger partial charge in [-0.05, 0) is 128 Å². The van der Waals surface area contributed by atoms with Crippen molar-refractivity contribution in [2.75, 3.05) is 13.2 Å². The summed E-state index contributed by atoms with van der Waals surface area (Å²) in [6.07, 6.45) is 84.5. The summed E-state index contributed by atoms with van der Waals surface area (Å²) in [6, 6.07) is 0. The van der Waals surface area contributed by atoms with Gasteiger partial charge in [0.15, 0.2) is 6.10 Å². The molecule has 0 bridgehead atoms. The lowest BCUT2D eigenvalue weighted by Gasteiger charge is -2.18. The number of esters is 3. The van der Waals surface area contributed by atoms with Crippen molar-refractivity contribution in [1.82, 2.24) is 0 Å². The second-order valence-electron chi connectivity index (χ2n) is 19.1. The molecule has 0 radical (unpaired) electrons. The van der Waals surface area contributed by atoms with Crippen molar-refractivity contribution in [3.8, 4) is 0 Å². The molecule has 0 amide bonds. The number of unbranched alkanes of at least 4 members (excludes halogenated alkanes) is 19. The molecule has 0 aliphatic rings. The van der Waals surface area contributed by atoms with Crippen molar-refractivity contribution in [1.29, 1.82) is 0 Å². The number of hydrogen-bond donors (Lipinski definition) is 0. The molecule has 0 N–H and O–H groups in total. The van der Waals surface area contributed by atoms with Crippen molar-refractivity contribution >= 4 is 17.9 Å². The van der Waals surface area contributed by atoms with E-state index in [1.807, 2.05) is 0 Å². The monoisotopic (exact) mass is 1010 g/mol. The predicted molar refractivity (Wildman–Crippen MR) is 316 cm³/mol. The molecule has 0 aromatic rings. The van der Waals surface area contributed by atoms with Gasteiger partial charge in [-0.1, -0.05) is 238 Å². The normalized spacial score (nSPS) is 13.1. The molecular weight excluding hydrogens is 901 g/mol. The summed E-state index contributed by atoms with van der Waals surface area (Å²) in [5.41, 5.74) is 0. The maximum Gasteiger partial charge on any atom is 0.306 e. The Labute approximate surface area is 449 Å². The van der Waals surface area contributed by atoms with E-state index in [-0.39, 0.29) is 37.5 Å². The van der Waals surface area contributed by atoms with E-state index in [0.717, 1.165) is 116 Å². The van der Waals surface area contributed by atoms with E-state index in [0.29, 0.717) is 19.3 Å². The first-order valence-corrected chi connectivity index (χ1v) is 29.7. The molecular formula is C67H108O6. The molecule has 1 atom stereocenters. The largest absolute Gasteiger partial charge is 0.462 e. The molecule has 0 fully saturated rings. The fourth-order valence-electron chi connectivity index (χ4n) is 7.73. The lowest BCUT2D eigenvalue weighted by atomic mass is 10.1. The van der Waals surface area contributed by atoms with Crippen LogP contribution in [-0.4, -0.2) is 37.2 Å². The lowest BCUT2D eigenvalue weighted by molar-refractivity contribution is -0.167. The first kappa shape index (κ1) is 68.6. The second kappa shape index (κ2) is 60.1. The van der Waals surface area contributed by atoms with Crippen molar-refractivity contribution in [3.05, 3.63) is 134 Å². The topological polar surface area (TPSA) is 78.9 Å². The maximum absolute atomic E-state index is 12.9. The molecule has 1 unspecified atom stereocenters. The van der Waals surface area contributed by atoms with E-state index in [9.17, 15) is 14.4 Å². The van der Waals surface area contributed by atoms with Crippen LogP contribution < -0.4 is 0 Å². The van der Waals surface area contributed by atoms with Gasteiger partial charge in [0.2, 0.25) is 0 Å². The SMILES string of the molecule is CC/C=C\C/C=C\C/C=C\C/C=C\C/C=C\CCCCCC(=O)OCC(COC(=O)CCC/C=C\C/C=C\C/C=C\C/C=C\C/C=C\CC)OC(=O)CCCCCCCCC/C=C\CCCCCCCCCC. The Hall–Kier alpha value is -4.45. The molecule has 0 aromatic heterocycles. The minimum atomic E-state index is -0.823. The number of ether oxygens (including phenoxy) is 3. The van der Waals surface area contributed by atoms with E-state index in [4.69, 9.17) is 14.2 Å². The fourth-order valence-corrected chi connectivity index (χ4v) is 7.73. The van der Waals surface area contributed by atoms with Crippen molar-refractivity contribution in [2.45, 2.75) is 258 Å². The average Bonchev–Trinajstić information content (AvgIpc) is 3.39. The van der Waals surface area contributed by atoms with E-state index >= 15 is 0 Å². The van der Waals surface area contributed by atoms with Gasteiger partial charge < -0.3 is 14.2 Å². The smallest absolute Gasteiger partial charge is 0.306 e. The molecule has 412 valence electrons. The Bertz CT molecular complexity index is 1580. The van der Waals surface area contributed by atoms with E-state index < -0.39 is 6.10 Å². The lowest BCUT2D eigenvalue weighted by Crippen LogP contribution is -2.30. The molecule has 0 rings (SSSR count). The number of carbonyl (C=O) groups excluding carboxylic acids is 3. The van der Waals surface area contributed by atoms with Crippen molar-refractivity contribution in [2.24, 2.45) is 0 Å². The van der Waals surface area contributed by atoms with Gasteiger partial charge in [0.25, 0.3) is 0 Å². The van der Waals surface area contributed by atoms with Crippen molar-refractivity contribution < 1.29 is 28.6 Å². The summed E-state index contributed by atoms with van der Waals surface area (Å²) in [7, 11) is 0. The highest BCUT2D eigenvalue weighted by atomic mass is 16.6. The third-order valence-electron chi connectivity index (χ3n) is 12.1. The van der Waals surface area contributed by atoms with Crippen molar-refractivity contribution in [3.63, 3.8) is 0 Å². The minimum Gasteiger partial charge on any atom is -0.462 e. The van der Waals surface area contributed by atoms with Crippen LogP contribution in [0.15, 0.2) is 134 Å². The molecule has 0 saturated carbocycles. The Morgan fingerprint density at radius 2 is 0.548 bits per heavy atom. The molecule has 0 aliphatic carbocycles. The zero-order valence-corrected chi connectivity index (χ0v) is 47.1. The zero-order valence-electron chi connectivity index (χ0n) is 47.1. The van der Waals surface area contributed by atoms with Gasteiger partial charge in [-0.25, -0.2) is 0 Å². The summed E-state index contributed by atoms with van der Waals surface area (Å²) in [6.45, 7) is 6.33. The maximum atomic E-state index is 12.9. The molecule has 6 heteroatoms. The Balaban J connectivity index is 4.55. The first-order chi connectivity index (χ1) is 36.0. The highest BCUT2D eigenvalue weighted by molar-refractivity contribution is 5.71. The highest BCUT2D eigenvalue weighted by Gasteiger charge is 2.19. The van der Waals surface area contributed by atoms with Crippen LogP contribution in [0.2, 0.25) is 0 Å². The van der Waals surface area contributed by atoms with Gasteiger partial charge in [-0.15, -0.1) is 0 Å². The summed E-state index contributed by atoms with van der Waals surface area (Å²) < 4.78 is 16.8. The molecule has 0 heterocycles. The fraction of sp³-hybridized carbons (Fsp3) is 0.627. The van der Waals surface area contributed by atoms with Crippen LogP contribution in [0, 0.1) is 0 Å². The predicted octanol–water partition coefficient (Wildman–Crippen LogP) is 20.2. The number of rotatable bonds is 52. The van der Waals surface area contributed by atoms with Crippen LogP contribution in [0.4, 0.5) is 0 Å². The molecule has 6 nitrogen and oxygen atoms in total. The van der Waals surface area contributed by atoms with Crippen LogP contribution in [0.5, 0.6) is 0 Å². The van der Waals surface area contributed by atoms with E-state index in [1.165, 1.54) is 89.9 Å². The Morgan fingerprint density at radius 3 is 0.918 bits per heavy atom. The van der Waals surface area contributed by atoms with E-state index in [2.05, 4.69) is 154 Å². The third kappa shape index (κ3) is 58.3. The number of allylic oxidation sites excluding steroid dienone is 22. The molecule has 0 saturated heterocycles. The van der Waals surface area contributed by atoms with Gasteiger partial charge in [-0.3, -0.25) is 14.4 Å². The Kier molecular flexibility index (Phi) is 56.4. The molecule has 73 heavy (non-hydrogen) atoms. The summed E-state index contributed by atoms with van der Waals surface area (Å²) in [4.78, 5) is 38.2. The van der Waals surface area contributed by atoms with Crippen LogP contribution in [-0.2, 0) is 28.6 Å². The van der Waals surface area contributed by atoms with Gasteiger partial charge >= 0.3 is 17.9 Å². The second-order valence-corrected chi connectivity index (χ2v) is 19.1. The van der Waals surface area contributed by atoms with Gasteiger partial charge in [-0.2, -0.15) is 0 Å². The summed E-state index contributed by atoms with van der Waals surface area (Å²) in [5, 5.41) is 0. The number of carbonyl (C=O) groups is 3. The first-order valence-electron chi connectivity index (χ1n) is 29.7. The average molecular weight is 1010 g/mol. The van der Waals surface area contributed by atoms with Gasteiger partial charge in [0.05, 0.1) is 0 Å². The minimum absolute atomic E-state index is 0.119. The Morgan fingerprint density at radius 1 is 0.288 bits per heavy atom. The van der Waals surface area contributed by atoms with Crippen LogP contribution in [0.25, 0.3) is 0 Å².